The number of hydrogen-bond donors (Lipinski definition) is 4. The largest absolute Gasteiger partial charge is 0.480 e. The van der Waals surface area contributed by atoms with Crippen LogP contribution in [0.5, 0.6) is 0 Å². The molecule has 0 radical (unpaired) electrons. The summed E-state index contributed by atoms with van der Waals surface area (Å²) in [6.07, 6.45) is 5.36. The van der Waals surface area contributed by atoms with Crippen molar-refractivity contribution in [3.63, 3.8) is 0 Å². The van der Waals surface area contributed by atoms with Crippen LogP contribution in [-0.2, 0) is 32.6 Å². The number of carbonyl (C=O) groups is 3. The Morgan fingerprint density at radius 2 is 2.00 bits per heavy atom. The van der Waals surface area contributed by atoms with E-state index in [-0.39, 0.29) is 24.2 Å². The van der Waals surface area contributed by atoms with Crippen molar-refractivity contribution < 1.29 is 28.6 Å². The monoisotopic (exact) mass is 512 g/mol. The van der Waals surface area contributed by atoms with Crippen molar-refractivity contribution in [2.45, 2.75) is 62.8 Å². The molecule has 1 aliphatic heterocycles. The van der Waals surface area contributed by atoms with E-state index in [4.69, 9.17) is 10.5 Å². The number of unbranched alkanes of at least 4 members (excludes halogenated alkanes) is 1. The van der Waals surface area contributed by atoms with Crippen molar-refractivity contribution in [3.05, 3.63) is 58.5 Å². The van der Waals surface area contributed by atoms with Crippen molar-refractivity contribution >= 4 is 23.6 Å². The third kappa shape index (κ3) is 6.25. The lowest BCUT2D eigenvalue weighted by Gasteiger charge is -2.22. The molecule has 1 unspecified atom stereocenters. The molecule has 37 heavy (non-hydrogen) atoms. The first-order valence-corrected chi connectivity index (χ1v) is 12.7. The molecule has 0 bridgehead atoms. The maximum Gasteiger partial charge on any atom is 0.326 e. The van der Waals surface area contributed by atoms with Gasteiger partial charge in [-0.05, 0) is 68.7 Å². The molecule has 1 aliphatic carbocycles. The number of aliphatic carboxylic acids is 1. The molecule has 0 saturated heterocycles. The molecular formula is C27H33FN4O5. The number of aromatic nitrogens is 1. The Labute approximate surface area is 215 Å². The second kappa shape index (κ2) is 11.7. The van der Waals surface area contributed by atoms with Crippen LogP contribution in [0.15, 0.2) is 30.3 Å². The molecule has 2 aliphatic rings. The highest BCUT2D eigenvalue weighted by atomic mass is 19.1. The number of pyridine rings is 1. The molecule has 0 spiro atoms. The van der Waals surface area contributed by atoms with Crippen LogP contribution in [0, 0.1) is 5.82 Å². The minimum absolute atomic E-state index is 0.0646. The highest BCUT2D eigenvalue weighted by Gasteiger charge is 2.55. The fourth-order valence-electron chi connectivity index (χ4n) is 4.81. The van der Waals surface area contributed by atoms with E-state index in [9.17, 15) is 23.9 Å². The Kier molecular flexibility index (Phi) is 8.38. The van der Waals surface area contributed by atoms with E-state index in [1.54, 1.807) is 0 Å². The number of hydrogen-bond acceptors (Lipinski definition) is 6. The molecule has 1 fully saturated rings. The second-order valence-corrected chi connectivity index (χ2v) is 9.67. The van der Waals surface area contributed by atoms with Gasteiger partial charge in [-0.2, -0.15) is 0 Å². The van der Waals surface area contributed by atoms with Crippen molar-refractivity contribution in [3.8, 4) is 0 Å². The first-order chi connectivity index (χ1) is 17.8. The highest BCUT2D eigenvalue weighted by Crippen LogP contribution is 2.50. The maximum absolute atomic E-state index is 14.6. The number of halogens is 1. The van der Waals surface area contributed by atoms with Gasteiger partial charge in [0.2, 0.25) is 11.8 Å². The van der Waals surface area contributed by atoms with Crippen LogP contribution >= 0.6 is 0 Å². The molecule has 2 heterocycles. The number of fused-ring (bicyclic) bond motifs is 1. The fraction of sp³-hybridized carbons (Fsp3) is 0.481. The van der Waals surface area contributed by atoms with Crippen LogP contribution in [0.1, 0.15) is 65.7 Å². The molecule has 4 rings (SSSR count). The number of amides is 2. The number of anilines is 1. The van der Waals surface area contributed by atoms with Gasteiger partial charge in [-0.3, -0.25) is 9.59 Å². The SMILES string of the molecule is NC(=O)c1cccc(F)c1C1(C(=O)NC(CCOCCCCc2ccc3c(n2)NCCC3)C(=O)O)CC1. The van der Waals surface area contributed by atoms with Crippen LogP contribution in [-0.4, -0.2) is 53.7 Å². The molecule has 5 N–H and O–H groups in total. The molecule has 1 atom stereocenters. The lowest BCUT2D eigenvalue weighted by molar-refractivity contribution is -0.142. The van der Waals surface area contributed by atoms with E-state index in [1.165, 1.54) is 17.7 Å². The number of rotatable bonds is 13. The van der Waals surface area contributed by atoms with Gasteiger partial charge in [0.15, 0.2) is 0 Å². The number of ether oxygens (including phenoxy) is 1. The summed E-state index contributed by atoms with van der Waals surface area (Å²) < 4.78 is 20.2. The maximum atomic E-state index is 14.6. The van der Waals surface area contributed by atoms with Crippen molar-refractivity contribution in [1.29, 1.82) is 0 Å². The van der Waals surface area contributed by atoms with Gasteiger partial charge in [0.05, 0.1) is 5.41 Å². The number of aryl methyl sites for hydroxylation is 2. The van der Waals surface area contributed by atoms with Crippen LogP contribution in [0.2, 0.25) is 0 Å². The summed E-state index contributed by atoms with van der Waals surface area (Å²) in [7, 11) is 0. The number of benzene rings is 1. The van der Waals surface area contributed by atoms with Crippen molar-refractivity contribution in [2.24, 2.45) is 5.73 Å². The lowest BCUT2D eigenvalue weighted by atomic mass is 9.89. The Morgan fingerprint density at radius 1 is 1.19 bits per heavy atom. The zero-order valence-electron chi connectivity index (χ0n) is 20.7. The second-order valence-electron chi connectivity index (χ2n) is 9.67. The first kappa shape index (κ1) is 26.5. The first-order valence-electron chi connectivity index (χ1n) is 12.7. The number of carboxylic acid groups (broad SMARTS) is 1. The predicted molar refractivity (Wildman–Crippen MR) is 135 cm³/mol. The van der Waals surface area contributed by atoms with Gasteiger partial charge in [0.25, 0.3) is 0 Å². The fourth-order valence-corrected chi connectivity index (χ4v) is 4.81. The van der Waals surface area contributed by atoms with Gasteiger partial charge in [0, 0.05) is 43.0 Å². The minimum atomic E-state index is -1.29. The third-order valence-corrected chi connectivity index (χ3v) is 7.02. The van der Waals surface area contributed by atoms with Gasteiger partial charge in [-0.1, -0.05) is 12.1 Å². The van der Waals surface area contributed by atoms with E-state index in [0.29, 0.717) is 19.4 Å². The topological polar surface area (TPSA) is 144 Å². The molecular weight excluding hydrogens is 479 g/mol. The Balaban J connectivity index is 1.22. The normalized spacial score (nSPS) is 16.2. The number of nitrogens with one attached hydrogen (secondary N) is 2. The van der Waals surface area contributed by atoms with E-state index in [0.717, 1.165) is 56.2 Å². The number of nitrogens with zero attached hydrogens (tertiary/aromatic N) is 1. The third-order valence-electron chi connectivity index (χ3n) is 7.02. The molecule has 10 heteroatoms. The number of carboxylic acids is 1. The van der Waals surface area contributed by atoms with Crippen molar-refractivity contribution in [1.82, 2.24) is 10.3 Å². The zero-order chi connectivity index (χ0) is 26.4. The van der Waals surface area contributed by atoms with E-state index in [2.05, 4.69) is 27.8 Å². The molecule has 198 valence electrons. The van der Waals surface area contributed by atoms with Gasteiger partial charge < -0.3 is 26.2 Å². The van der Waals surface area contributed by atoms with Crippen LogP contribution in [0.25, 0.3) is 0 Å². The number of primary amides is 1. The van der Waals surface area contributed by atoms with E-state index < -0.39 is 35.1 Å². The molecule has 1 aromatic heterocycles. The lowest BCUT2D eigenvalue weighted by Crippen LogP contribution is -2.46. The summed E-state index contributed by atoms with van der Waals surface area (Å²) in [6, 6.07) is 6.89. The summed E-state index contributed by atoms with van der Waals surface area (Å²) in [5.41, 5.74) is 6.25. The Bertz CT molecular complexity index is 1170. The van der Waals surface area contributed by atoms with Crippen molar-refractivity contribution in [2.75, 3.05) is 25.1 Å². The Hall–Kier alpha value is -3.53. The minimum Gasteiger partial charge on any atom is -0.480 e. The van der Waals surface area contributed by atoms with Crippen LogP contribution < -0.4 is 16.4 Å². The molecule has 9 nitrogen and oxygen atoms in total. The van der Waals surface area contributed by atoms with E-state index >= 15 is 0 Å². The van der Waals surface area contributed by atoms with Gasteiger partial charge in [-0.25, -0.2) is 14.2 Å². The average molecular weight is 513 g/mol. The quantitative estimate of drug-likeness (QED) is 0.302. The summed E-state index contributed by atoms with van der Waals surface area (Å²) >= 11 is 0. The number of carbonyl (C=O) groups excluding carboxylic acids is 2. The highest BCUT2D eigenvalue weighted by molar-refractivity contribution is 6.00. The molecule has 1 aromatic carbocycles. The smallest absolute Gasteiger partial charge is 0.326 e. The molecule has 2 aromatic rings. The average Bonchev–Trinajstić information content (AvgIpc) is 3.68. The zero-order valence-corrected chi connectivity index (χ0v) is 20.7. The van der Waals surface area contributed by atoms with Gasteiger partial charge in [0.1, 0.15) is 17.7 Å². The van der Waals surface area contributed by atoms with Crippen LogP contribution in [0.3, 0.4) is 0 Å². The molecule has 1 saturated carbocycles. The van der Waals surface area contributed by atoms with E-state index in [1.807, 2.05) is 0 Å². The standard InChI is InChI=1S/C27H33FN4O5/c28-20-8-3-7-19(23(29)33)22(20)27(12-13-27)26(36)32-21(25(34)35)11-16-37-15-2-1-6-18-10-9-17-5-4-14-30-24(17)31-18/h3,7-10,21H,1-2,4-6,11-16H2,(H2,29,33)(H,30,31)(H,32,36)(H,34,35). The Morgan fingerprint density at radius 3 is 2.73 bits per heavy atom. The van der Waals surface area contributed by atoms with Crippen LogP contribution in [0.4, 0.5) is 10.2 Å². The van der Waals surface area contributed by atoms with Gasteiger partial charge >= 0.3 is 5.97 Å². The summed E-state index contributed by atoms with van der Waals surface area (Å²) in [5.74, 6) is -2.39. The molecule has 2 amide bonds. The predicted octanol–water partition coefficient (Wildman–Crippen LogP) is 2.71. The van der Waals surface area contributed by atoms with Gasteiger partial charge in [-0.15, -0.1) is 0 Å². The summed E-state index contributed by atoms with van der Waals surface area (Å²) in [5, 5.41) is 15.4. The number of nitrogens with two attached hydrogens (primary N) is 1. The summed E-state index contributed by atoms with van der Waals surface area (Å²) in [6.45, 7) is 1.57. The summed E-state index contributed by atoms with van der Waals surface area (Å²) in [4.78, 5) is 41.3.